The molecule has 4 rings (SSSR count). The van der Waals surface area contributed by atoms with Crippen molar-refractivity contribution >= 4 is 29.0 Å². The quantitative estimate of drug-likeness (QED) is 0.673. The first-order valence-electron chi connectivity index (χ1n) is 10.3. The number of piperazine rings is 1. The lowest BCUT2D eigenvalue weighted by atomic mass is 9.95. The predicted molar refractivity (Wildman–Crippen MR) is 114 cm³/mol. The Kier molecular flexibility index (Phi) is 6.69. The molecule has 0 spiro atoms. The van der Waals surface area contributed by atoms with Gasteiger partial charge in [0.1, 0.15) is 5.82 Å². The molecule has 2 aliphatic rings. The Morgan fingerprint density at radius 3 is 2.68 bits per heavy atom. The second-order valence-electron chi connectivity index (χ2n) is 7.79. The van der Waals surface area contributed by atoms with E-state index in [4.69, 9.17) is 0 Å². The standard InChI is InChI=1S/C20H29N5OS2/c1-23-9-11-24(12-10-23)19(26)15-28-20-22-21-18(14-17-8-5-13-27-17)25(20)16-6-3-2-4-7-16/h5,8,13,16H,2-4,6-7,9-12,14-15H2,1H3. The van der Waals surface area contributed by atoms with Crippen molar-refractivity contribution in [1.29, 1.82) is 0 Å². The molecule has 1 amide bonds. The van der Waals surface area contributed by atoms with Crippen LogP contribution in [0.5, 0.6) is 0 Å². The van der Waals surface area contributed by atoms with E-state index in [0.717, 1.165) is 43.6 Å². The van der Waals surface area contributed by atoms with Gasteiger partial charge in [0.05, 0.1) is 5.75 Å². The van der Waals surface area contributed by atoms with Gasteiger partial charge in [-0.1, -0.05) is 37.1 Å². The maximum absolute atomic E-state index is 12.7. The molecule has 0 atom stereocenters. The molecule has 28 heavy (non-hydrogen) atoms. The average molecular weight is 420 g/mol. The lowest BCUT2D eigenvalue weighted by molar-refractivity contribution is -0.129. The van der Waals surface area contributed by atoms with Crippen molar-refractivity contribution in [3.8, 4) is 0 Å². The first-order valence-corrected chi connectivity index (χ1v) is 12.1. The molecule has 8 heteroatoms. The van der Waals surface area contributed by atoms with Crippen LogP contribution in [0.1, 0.15) is 48.8 Å². The first kappa shape index (κ1) is 19.9. The lowest BCUT2D eigenvalue weighted by Gasteiger charge is -2.32. The van der Waals surface area contributed by atoms with Crippen LogP contribution in [0.2, 0.25) is 0 Å². The summed E-state index contributed by atoms with van der Waals surface area (Å²) in [6.45, 7) is 3.57. The van der Waals surface area contributed by atoms with Gasteiger partial charge in [0.15, 0.2) is 5.16 Å². The molecular formula is C20H29N5OS2. The molecule has 2 fully saturated rings. The number of amides is 1. The third-order valence-electron chi connectivity index (χ3n) is 5.77. The van der Waals surface area contributed by atoms with Crippen molar-refractivity contribution in [3.63, 3.8) is 0 Å². The molecule has 0 aromatic carbocycles. The molecule has 2 aromatic rings. The van der Waals surface area contributed by atoms with Gasteiger partial charge in [-0.15, -0.1) is 21.5 Å². The Morgan fingerprint density at radius 1 is 1.18 bits per heavy atom. The van der Waals surface area contributed by atoms with Crippen molar-refractivity contribution in [3.05, 3.63) is 28.2 Å². The van der Waals surface area contributed by atoms with Gasteiger partial charge in [0.25, 0.3) is 0 Å². The number of rotatable bonds is 6. The van der Waals surface area contributed by atoms with Gasteiger partial charge >= 0.3 is 0 Å². The second-order valence-corrected chi connectivity index (χ2v) is 9.76. The molecule has 0 bridgehead atoms. The van der Waals surface area contributed by atoms with E-state index in [0.29, 0.717) is 11.8 Å². The zero-order valence-corrected chi connectivity index (χ0v) is 18.2. The summed E-state index contributed by atoms with van der Waals surface area (Å²) in [5.41, 5.74) is 0. The largest absolute Gasteiger partial charge is 0.339 e. The zero-order chi connectivity index (χ0) is 19.3. The number of thioether (sulfide) groups is 1. The fourth-order valence-electron chi connectivity index (χ4n) is 4.07. The fraction of sp³-hybridized carbons (Fsp3) is 0.650. The molecule has 1 aliphatic heterocycles. The Labute approximate surface area is 175 Å². The Bertz CT molecular complexity index is 762. The molecule has 1 saturated heterocycles. The lowest BCUT2D eigenvalue weighted by Crippen LogP contribution is -2.47. The predicted octanol–water partition coefficient (Wildman–Crippen LogP) is 3.30. The van der Waals surface area contributed by atoms with Gasteiger partial charge in [-0.25, -0.2) is 0 Å². The molecule has 152 valence electrons. The van der Waals surface area contributed by atoms with Crippen LogP contribution in [0.4, 0.5) is 0 Å². The van der Waals surface area contributed by atoms with Gasteiger partial charge < -0.3 is 14.4 Å². The van der Waals surface area contributed by atoms with E-state index in [-0.39, 0.29) is 5.91 Å². The van der Waals surface area contributed by atoms with Crippen LogP contribution in [0.25, 0.3) is 0 Å². The van der Waals surface area contributed by atoms with Gasteiger partial charge in [-0.3, -0.25) is 4.79 Å². The van der Waals surface area contributed by atoms with E-state index < -0.39 is 0 Å². The zero-order valence-electron chi connectivity index (χ0n) is 16.5. The summed E-state index contributed by atoms with van der Waals surface area (Å²) in [5.74, 6) is 1.72. The van der Waals surface area contributed by atoms with Crippen molar-refractivity contribution in [2.45, 2.75) is 49.7 Å². The highest BCUT2D eigenvalue weighted by Crippen LogP contribution is 2.33. The van der Waals surface area contributed by atoms with Gasteiger partial charge in [0, 0.05) is 43.5 Å². The van der Waals surface area contributed by atoms with Gasteiger partial charge in [-0.05, 0) is 31.3 Å². The Morgan fingerprint density at radius 2 is 1.96 bits per heavy atom. The molecule has 2 aromatic heterocycles. The second kappa shape index (κ2) is 9.41. The average Bonchev–Trinajstić information content (AvgIpc) is 3.37. The minimum Gasteiger partial charge on any atom is -0.339 e. The summed E-state index contributed by atoms with van der Waals surface area (Å²) in [6, 6.07) is 4.72. The first-order chi connectivity index (χ1) is 13.7. The smallest absolute Gasteiger partial charge is 0.233 e. The monoisotopic (exact) mass is 419 g/mol. The molecule has 6 nitrogen and oxygen atoms in total. The maximum Gasteiger partial charge on any atom is 0.233 e. The summed E-state index contributed by atoms with van der Waals surface area (Å²) in [6.07, 6.45) is 7.07. The molecular weight excluding hydrogens is 390 g/mol. The van der Waals surface area contributed by atoms with Crippen molar-refractivity contribution < 1.29 is 4.79 Å². The number of likely N-dealkylation sites (N-methyl/N-ethyl adjacent to an activating group) is 1. The molecule has 1 aliphatic carbocycles. The molecule has 0 radical (unpaired) electrons. The summed E-state index contributed by atoms with van der Waals surface area (Å²) >= 11 is 3.33. The van der Waals surface area contributed by atoms with Gasteiger partial charge in [-0.2, -0.15) is 0 Å². The highest BCUT2D eigenvalue weighted by Gasteiger charge is 2.25. The van der Waals surface area contributed by atoms with E-state index in [1.54, 1.807) is 23.1 Å². The number of hydrogen-bond donors (Lipinski definition) is 0. The van der Waals surface area contributed by atoms with Crippen molar-refractivity contribution in [2.24, 2.45) is 0 Å². The number of carbonyl (C=O) groups is 1. The Hall–Kier alpha value is -1.38. The van der Waals surface area contributed by atoms with Crippen LogP contribution < -0.4 is 0 Å². The van der Waals surface area contributed by atoms with E-state index in [1.165, 1.54) is 37.0 Å². The van der Waals surface area contributed by atoms with E-state index in [9.17, 15) is 4.79 Å². The highest BCUT2D eigenvalue weighted by molar-refractivity contribution is 7.99. The number of carbonyl (C=O) groups excluding carboxylic acids is 1. The minimum absolute atomic E-state index is 0.219. The van der Waals surface area contributed by atoms with Crippen molar-refractivity contribution in [1.82, 2.24) is 24.6 Å². The van der Waals surface area contributed by atoms with Gasteiger partial charge in [0.2, 0.25) is 5.91 Å². The number of nitrogens with zero attached hydrogens (tertiary/aromatic N) is 5. The third-order valence-corrected chi connectivity index (χ3v) is 7.57. The number of hydrogen-bond acceptors (Lipinski definition) is 6. The topological polar surface area (TPSA) is 54.3 Å². The number of thiophene rings is 1. The third kappa shape index (κ3) is 4.78. The SMILES string of the molecule is CN1CCN(C(=O)CSc2nnc(Cc3cccs3)n2C2CCCCC2)CC1. The highest BCUT2D eigenvalue weighted by atomic mass is 32.2. The van der Waals surface area contributed by atoms with Crippen LogP contribution in [0.3, 0.4) is 0 Å². The summed E-state index contributed by atoms with van der Waals surface area (Å²) in [7, 11) is 2.11. The van der Waals surface area contributed by atoms with E-state index in [2.05, 4.69) is 44.2 Å². The van der Waals surface area contributed by atoms with E-state index >= 15 is 0 Å². The molecule has 3 heterocycles. The van der Waals surface area contributed by atoms with Crippen LogP contribution in [-0.2, 0) is 11.2 Å². The molecule has 0 unspecified atom stereocenters. The van der Waals surface area contributed by atoms with Crippen LogP contribution in [-0.4, -0.2) is 69.5 Å². The summed E-state index contributed by atoms with van der Waals surface area (Å²) in [4.78, 5) is 18.2. The maximum atomic E-state index is 12.7. The van der Waals surface area contributed by atoms with Crippen LogP contribution in [0.15, 0.2) is 22.7 Å². The van der Waals surface area contributed by atoms with Crippen molar-refractivity contribution in [2.75, 3.05) is 39.0 Å². The number of aromatic nitrogens is 3. The Balaban J connectivity index is 1.46. The van der Waals surface area contributed by atoms with Crippen LogP contribution >= 0.6 is 23.1 Å². The minimum atomic E-state index is 0.219. The summed E-state index contributed by atoms with van der Waals surface area (Å²) in [5, 5.41) is 12.1. The molecule has 1 saturated carbocycles. The van der Waals surface area contributed by atoms with Crippen LogP contribution in [0, 0.1) is 0 Å². The summed E-state index contributed by atoms with van der Waals surface area (Å²) < 4.78 is 2.35. The normalized spacial score (nSPS) is 19.2. The fourth-order valence-corrected chi connectivity index (χ4v) is 5.70. The van der Waals surface area contributed by atoms with E-state index in [1.807, 2.05) is 4.90 Å². The molecule has 0 N–H and O–H groups in total.